The van der Waals surface area contributed by atoms with E-state index >= 15 is 0 Å². The Balaban J connectivity index is 2.04. The molecule has 0 aromatic heterocycles. The highest BCUT2D eigenvalue weighted by molar-refractivity contribution is 5.84. The lowest BCUT2D eigenvalue weighted by molar-refractivity contribution is -0.131. The molecule has 4 atom stereocenters. The van der Waals surface area contributed by atoms with E-state index in [0.29, 0.717) is 17.7 Å². The van der Waals surface area contributed by atoms with Crippen LogP contribution in [0.15, 0.2) is 0 Å². The van der Waals surface area contributed by atoms with E-state index in [4.69, 9.17) is 0 Å². The van der Waals surface area contributed by atoms with E-state index in [-0.39, 0.29) is 12.2 Å². The van der Waals surface area contributed by atoms with Gasteiger partial charge in [-0.25, -0.2) is 0 Å². The summed E-state index contributed by atoms with van der Waals surface area (Å²) in [4.78, 5) is 14.8. The van der Waals surface area contributed by atoms with E-state index in [2.05, 4.69) is 37.9 Å². The van der Waals surface area contributed by atoms with Crippen LogP contribution < -0.4 is 5.32 Å². The predicted molar refractivity (Wildman–Crippen MR) is 83.3 cm³/mol. The van der Waals surface area contributed by atoms with Crippen molar-refractivity contribution in [2.45, 2.75) is 78.4 Å². The fraction of sp³-hybridized carbons (Fsp3) is 0.941. The molecule has 1 saturated carbocycles. The molecule has 1 amide bonds. The summed E-state index contributed by atoms with van der Waals surface area (Å²) in [6.45, 7) is 9.83. The minimum atomic E-state index is 0.0328. The molecule has 20 heavy (non-hydrogen) atoms. The Labute approximate surface area is 124 Å². The fourth-order valence-corrected chi connectivity index (χ4v) is 3.83. The average molecular weight is 280 g/mol. The topological polar surface area (TPSA) is 32.3 Å². The van der Waals surface area contributed by atoms with Crippen LogP contribution in [0.2, 0.25) is 0 Å². The van der Waals surface area contributed by atoms with Crippen LogP contribution in [0, 0.1) is 17.8 Å². The molecule has 3 nitrogen and oxygen atoms in total. The largest absolute Gasteiger partial charge is 0.326 e. The Hall–Kier alpha value is -0.570. The monoisotopic (exact) mass is 280 g/mol. The normalized spacial score (nSPS) is 35.0. The Kier molecular flexibility index (Phi) is 5.48. The molecular formula is C17H32N2O. The van der Waals surface area contributed by atoms with Gasteiger partial charge in [-0.3, -0.25) is 10.1 Å². The number of carbonyl (C=O) groups excluding carboxylic acids is 1. The Morgan fingerprint density at radius 2 is 2.00 bits per heavy atom. The Morgan fingerprint density at radius 1 is 1.30 bits per heavy atom. The number of hydrogen-bond donors (Lipinski definition) is 1. The highest BCUT2D eigenvalue weighted by atomic mass is 16.2. The van der Waals surface area contributed by atoms with Gasteiger partial charge >= 0.3 is 0 Å². The van der Waals surface area contributed by atoms with Crippen molar-refractivity contribution < 1.29 is 4.79 Å². The molecule has 4 unspecified atom stereocenters. The van der Waals surface area contributed by atoms with Gasteiger partial charge in [0.1, 0.15) is 0 Å². The van der Waals surface area contributed by atoms with Crippen LogP contribution in [0.4, 0.5) is 0 Å². The fourth-order valence-electron chi connectivity index (χ4n) is 3.83. The van der Waals surface area contributed by atoms with Crippen molar-refractivity contribution >= 4 is 5.91 Å². The summed E-state index contributed by atoms with van der Waals surface area (Å²) in [6.07, 6.45) is 7.84. The van der Waals surface area contributed by atoms with Crippen LogP contribution in [-0.2, 0) is 4.79 Å². The van der Waals surface area contributed by atoms with Crippen molar-refractivity contribution in [3.05, 3.63) is 0 Å². The number of nitrogens with one attached hydrogen (secondary N) is 1. The molecule has 0 spiro atoms. The minimum absolute atomic E-state index is 0.0328. The molecule has 0 aromatic carbocycles. The van der Waals surface area contributed by atoms with Crippen molar-refractivity contribution in [2.24, 2.45) is 17.8 Å². The van der Waals surface area contributed by atoms with Gasteiger partial charge in [0.15, 0.2) is 0 Å². The number of amides is 1. The number of hydrogen-bond acceptors (Lipinski definition) is 2. The molecule has 1 aliphatic carbocycles. The van der Waals surface area contributed by atoms with Gasteiger partial charge in [0, 0.05) is 6.54 Å². The lowest BCUT2D eigenvalue weighted by Crippen LogP contribution is -2.42. The van der Waals surface area contributed by atoms with E-state index in [9.17, 15) is 4.79 Å². The summed E-state index contributed by atoms with van der Waals surface area (Å²) in [5.74, 6) is 2.21. The van der Waals surface area contributed by atoms with Crippen molar-refractivity contribution in [1.29, 1.82) is 0 Å². The van der Waals surface area contributed by atoms with Crippen LogP contribution in [0.3, 0.4) is 0 Å². The van der Waals surface area contributed by atoms with E-state index in [1.54, 1.807) is 0 Å². The quantitative estimate of drug-likeness (QED) is 0.837. The molecule has 1 heterocycles. The number of rotatable bonds is 5. The van der Waals surface area contributed by atoms with Crippen LogP contribution in [0.5, 0.6) is 0 Å². The Bertz CT molecular complexity index is 329. The maximum Gasteiger partial charge on any atom is 0.241 e. The average Bonchev–Trinajstić information content (AvgIpc) is 2.71. The Morgan fingerprint density at radius 3 is 2.60 bits per heavy atom. The lowest BCUT2D eigenvalue weighted by Gasteiger charge is -2.34. The third kappa shape index (κ3) is 3.36. The molecule has 2 aliphatic rings. The van der Waals surface area contributed by atoms with Crippen molar-refractivity contribution in [3.63, 3.8) is 0 Å². The van der Waals surface area contributed by atoms with Gasteiger partial charge in [-0.05, 0) is 30.6 Å². The first-order valence-electron chi connectivity index (χ1n) is 8.61. The van der Waals surface area contributed by atoms with Crippen molar-refractivity contribution in [3.8, 4) is 0 Å². The number of carbonyl (C=O) groups is 1. The van der Waals surface area contributed by atoms with Gasteiger partial charge in [0.25, 0.3) is 0 Å². The van der Waals surface area contributed by atoms with E-state index in [0.717, 1.165) is 25.3 Å². The van der Waals surface area contributed by atoms with E-state index in [1.165, 1.54) is 25.7 Å². The second kappa shape index (κ2) is 6.93. The first-order chi connectivity index (χ1) is 9.54. The lowest BCUT2D eigenvalue weighted by atomic mass is 9.80. The zero-order valence-corrected chi connectivity index (χ0v) is 13.7. The standard InChI is InChI=1S/C17H32N2O/c1-5-8-15-18-16(12(2)3)17(20)19(15)11-14-10-7-6-9-13(14)4/h12-16,18H,5-11H2,1-4H3. The molecule has 2 fully saturated rings. The zero-order chi connectivity index (χ0) is 14.7. The summed E-state index contributed by atoms with van der Waals surface area (Å²) in [5, 5.41) is 3.57. The third-order valence-corrected chi connectivity index (χ3v) is 5.25. The molecule has 1 N–H and O–H groups in total. The second-order valence-electron chi connectivity index (χ2n) is 7.21. The summed E-state index contributed by atoms with van der Waals surface area (Å²) >= 11 is 0. The van der Waals surface area contributed by atoms with Gasteiger partial charge in [0.2, 0.25) is 5.91 Å². The van der Waals surface area contributed by atoms with Gasteiger partial charge in [-0.1, -0.05) is 53.4 Å². The SMILES string of the molecule is CCCC1NC(C(C)C)C(=O)N1CC1CCCCC1C. The highest BCUT2D eigenvalue weighted by Crippen LogP contribution is 2.32. The molecule has 0 aromatic rings. The smallest absolute Gasteiger partial charge is 0.241 e. The molecule has 0 bridgehead atoms. The highest BCUT2D eigenvalue weighted by Gasteiger charge is 2.41. The predicted octanol–water partition coefficient (Wildman–Crippen LogP) is 3.40. The van der Waals surface area contributed by atoms with Crippen LogP contribution in [-0.4, -0.2) is 29.6 Å². The van der Waals surface area contributed by atoms with Gasteiger partial charge in [-0.2, -0.15) is 0 Å². The molecule has 1 saturated heterocycles. The van der Waals surface area contributed by atoms with Crippen molar-refractivity contribution in [1.82, 2.24) is 10.2 Å². The minimum Gasteiger partial charge on any atom is -0.326 e. The zero-order valence-electron chi connectivity index (χ0n) is 13.7. The second-order valence-corrected chi connectivity index (χ2v) is 7.21. The van der Waals surface area contributed by atoms with Crippen LogP contribution >= 0.6 is 0 Å². The maximum atomic E-state index is 12.7. The molecule has 3 heteroatoms. The molecule has 1 aliphatic heterocycles. The molecule has 0 radical (unpaired) electrons. The van der Waals surface area contributed by atoms with E-state index < -0.39 is 0 Å². The van der Waals surface area contributed by atoms with Crippen LogP contribution in [0.1, 0.15) is 66.2 Å². The first-order valence-corrected chi connectivity index (χ1v) is 8.61. The maximum absolute atomic E-state index is 12.7. The summed E-state index contributed by atoms with van der Waals surface area (Å²) < 4.78 is 0. The summed E-state index contributed by atoms with van der Waals surface area (Å²) in [7, 11) is 0. The van der Waals surface area contributed by atoms with E-state index in [1.807, 2.05) is 0 Å². The number of nitrogens with zero attached hydrogens (tertiary/aromatic N) is 1. The van der Waals surface area contributed by atoms with Gasteiger partial charge in [-0.15, -0.1) is 0 Å². The molecular weight excluding hydrogens is 248 g/mol. The summed E-state index contributed by atoms with van der Waals surface area (Å²) in [6, 6.07) is 0.0328. The van der Waals surface area contributed by atoms with Crippen molar-refractivity contribution in [2.75, 3.05) is 6.54 Å². The third-order valence-electron chi connectivity index (χ3n) is 5.25. The first kappa shape index (κ1) is 15.8. The molecule has 116 valence electrons. The van der Waals surface area contributed by atoms with Crippen LogP contribution in [0.25, 0.3) is 0 Å². The van der Waals surface area contributed by atoms with Gasteiger partial charge in [0.05, 0.1) is 12.2 Å². The molecule has 2 rings (SSSR count). The van der Waals surface area contributed by atoms with Gasteiger partial charge < -0.3 is 4.90 Å². The summed E-state index contributed by atoms with van der Waals surface area (Å²) in [5.41, 5.74) is 0.